The SMILES string of the molecule is CCN1CCCC(N/C(NC)=C(C)/C(C)=C(\C)c2ccc(CS)cc2C)C1. The molecule has 1 aromatic carbocycles. The highest BCUT2D eigenvalue weighted by Crippen LogP contribution is 2.27. The molecule has 1 saturated heterocycles. The maximum atomic E-state index is 4.39. The van der Waals surface area contributed by atoms with Crippen molar-refractivity contribution in [1.29, 1.82) is 0 Å². The van der Waals surface area contributed by atoms with Crippen LogP contribution in [-0.4, -0.2) is 37.6 Å². The fourth-order valence-corrected chi connectivity index (χ4v) is 4.14. The Morgan fingerprint density at radius 3 is 2.56 bits per heavy atom. The molecule has 4 heteroatoms. The second-order valence-electron chi connectivity index (χ2n) is 7.68. The van der Waals surface area contributed by atoms with Crippen LogP contribution in [0.1, 0.15) is 57.2 Å². The number of likely N-dealkylation sites (N-methyl/N-ethyl adjacent to an activating group) is 1. The zero-order chi connectivity index (χ0) is 20.0. The molecule has 1 aromatic rings. The van der Waals surface area contributed by atoms with Crippen molar-refractivity contribution in [2.24, 2.45) is 0 Å². The third-order valence-corrected chi connectivity index (χ3v) is 6.29. The highest BCUT2D eigenvalue weighted by molar-refractivity contribution is 7.79. The first-order valence-corrected chi connectivity index (χ1v) is 10.8. The molecule has 3 nitrogen and oxygen atoms in total. The Bertz CT molecular complexity index is 706. The zero-order valence-corrected chi connectivity index (χ0v) is 18.8. The molecule has 0 amide bonds. The van der Waals surface area contributed by atoms with Crippen LogP contribution >= 0.6 is 12.6 Å². The van der Waals surface area contributed by atoms with E-state index in [0.29, 0.717) is 6.04 Å². The second kappa shape index (κ2) is 10.2. The molecule has 0 saturated carbocycles. The summed E-state index contributed by atoms with van der Waals surface area (Å²) in [5.74, 6) is 1.94. The number of allylic oxidation sites excluding steroid dienone is 3. The van der Waals surface area contributed by atoms with Crippen molar-refractivity contribution in [3.63, 3.8) is 0 Å². The Hall–Kier alpha value is -1.39. The first kappa shape index (κ1) is 21.9. The Labute approximate surface area is 171 Å². The number of piperidine rings is 1. The third-order valence-electron chi connectivity index (χ3n) is 5.93. The van der Waals surface area contributed by atoms with Crippen LogP contribution in [-0.2, 0) is 5.75 Å². The molecule has 0 spiro atoms. The van der Waals surface area contributed by atoms with E-state index in [1.54, 1.807) is 0 Å². The van der Waals surface area contributed by atoms with Crippen molar-refractivity contribution in [3.05, 3.63) is 51.9 Å². The van der Waals surface area contributed by atoms with Gasteiger partial charge in [-0.2, -0.15) is 12.6 Å². The fourth-order valence-electron chi connectivity index (χ4n) is 3.95. The lowest BCUT2D eigenvalue weighted by Gasteiger charge is -2.34. The molecule has 0 aromatic heterocycles. The molecule has 1 aliphatic rings. The van der Waals surface area contributed by atoms with Crippen molar-refractivity contribution in [2.75, 3.05) is 26.7 Å². The molecule has 1 heterocycles. The summed E-state index contributed by atoms with van der Waals surface area (Å²) >= 11 is 4.39. The van der Waals surface area contributed by atoms with Crippen molar-refractivity contribution < 1.29 is 0 Å². The van der Waals surface area contributed by atoms with Crippen LogP contribution in [0.5, 0.6) is 0 Å². The maximum absolute atomic E-state index is 4.39. The highest BCUT2D eigenvalue weighted by Gasteiger charge is 2.20. The van der Waals surface area contributed by atoms with Crippen LogP contribution in [0.25, 0.3) is 5.57 Å². The van der Waals surface area contributed by atoms with E-state index in [0.717, 1.165) is 24.7 Å². The zero-order valence-electron chi connectivity index (χ0n) is 17.9. The summed E-state index contributed by atoms with van der Waals surface area (Å²) in [5, 5.41) is 7.18. The highest BCUT2D eigenvalue weighted by atomic mass is 32.1. The predicted octanol–water partition coefficient (Wildman–Crippen LogP) is 4.74. The van der Waals surface area contributed by atoms with Gasteiger partial charge in [-0.3, -0.25) is 0 Å². The van der Waals surface area contributed by atoms with Gasteiger partial charge in [0.05, 0.1) is 0 Å². The van der Waals surface area contributed by atoms with Crippen LogP contribution in [0.3, 0.4) is 0 Å². The number of likely N-dealkylation sites (tertiary alicyclic amines) is 1. The molecule has 0 radical (unpaired) electrons. The summed E-state index contributed by atoms with van der Waals surface area (Å²) in [6, 6.07) is 7.18. The molecule has 0 aliphatic carbocycles. The van der Waals surface area contributed by atoms with Gasteiger partial charge in [-0.1, -0.05) is 25.1 Å². The number of nitrogens with zero attached hydrogens (tertiary/aromatic N) is 1. The molecule has 0 bridgehead atoms. The average molecular weight is 388 g/mol. The summed E-state index contributed by atoms with van der Waals surface area (Å²) in [5.41, 5.74) is 7.87. The van der Waals surface area contributed by atoms with E-state index < -0.39 is 0 Å². The summed E-state index contributed by atoms with van der Waals surface area (Å²) in [6.07, 6.45) is 2.51. The first-order chi connectivity index (χ1) is 12.9. The van der Waals surface area contributed by atoms with E-state index in [1.807, 2.05) is 7.05 Å². The van der Waals surface area contributed by atoms with Crippen LogP contribution in [0, 0.1) is 6.92 Å². The van der Waals surface area contributed by atoms with E-state index in [9.17, 15) is 0 Å². The van der Waals surface area contributed by atoms with Gasteiger partial charge in [0.2, 0.25) is 0 Å². The van der Waals surface area contributed by atoms with Crippen LogP contribution in [0.4, 0.5) is 0 Å². The molecule has 1 aliphatic heterocycles. The van der Waals surface area contributed by atoms with Crippen molar-refractivity contribution in [2.45, 2.75) is 59.3 Å². The summed E-state index contributed by atoms with van der Waals surface area (Å²) < 4.78 is 0. The van der Waals surface area contributed by atoms with Gasteiger partial charge in [-0.05, 0) is 87.0 Å². The molecular weight excluding hydrogens is 350 g/mol. The summed E-state index contributed by atoms with van der Waals surface area (Å²) in [6.45, 7) is 14.6. The minimum atomic E-state index is 0.514. The maximum Gasteiger partial charge on any atom is 0.102 e. The van der Waals surface area contributed by atoms with E-state index >= 15 is 0 Å². The fraction of sp³-hybridized carbons (Fsp3) is 0.565. The average Bonchev–Trinajstić information content (AvgIpc) is 2.70. The van der Waals surface area contributed by atoms with Gasteiger partial charge >= 0.3 is 0 Å². The molecule has 150 valence electrons. The van der Waals surface area contributed by atoms with Gasteiger partial charge in [0.1, 0.15) is 5.82 Å². The van der Waals surface area contributed by atoms with Gasteiger partial charge in [0.25, 0.3) is 0 Å². The molecule has 1 atom stereocenters. The molecular formula is C23H37N3S. The molecule has 27 heavy (non-hydrogen) atoms. The Balaban J connectivity index is 2.27. The Morgan fingerprint density at radius 2 is 1.96 bits per heavy atom. The van der Waals surface area contributed by atoms with Gasteiger partial charge in [0, 0.05) is 25.4 Å². The first-order valence-electron chi connectivity index (χ1n) is 10.2. The smallest absolute Gasteiger partial charge is 0.102 e. The van der Waals surface area contributed by atoms with Gasteiger partial charge in [-0.15, -0.1) is 0 Å². The normalized spacial score (nSPS) is 20.0. The Kier molecular flexibility index (Phi) is 8.30. The largest absolute Gasteiger partial charge is 0.375 e. The number of hydrogen-bond acceptors (Lipinski definition) is 4. The van der Waals surface area contributed by atoms with Gasteiger partial charge < -0.3 is 15.5 Å². The quantitative estimate of drug-likeness (QED) is 0.466. The number of rotatable bonds is 7. The topological polar surface area (TPSA) is 27.3 Å². The minimum Gasteiger partial charge on any atom is -0.375 e. The molecule has 2 N–H and O–H groups in total. The van der Waals surface area contributed by atoms with E-state index in [2.05, 4.69) is 81.0 Å². The third kappa shape index (κ3) is 5.55. The number of benzene rings is 1. The predicted molar refractivity (Wildman–Crippen MR) is 122 cm³/mol. The van der Waals surface area contributed by atoms with E-state index in [4.69, 9.17) is 0 Å². The number of aryl methyl sites for hydroxylation is 1. The summed E-state index contributed by atoms with van der Waals surface area (Å²) in [7, 11) is 2.02. The monoisotopic (exact) mass is 387 g/mol. The number of thiol groups is 1. The van der Waals surface area contributed by atoms with E-state index in [1.165, 1.54) is 52.8 Å². The van der Waals surface area contributed by atoms with Gasteiger partial charge in [0.15, 0.2) is 0 Å². The molecule has 2 rings (SSSR count). The van der Waals surface area contributed by atoms with Crippen molar-refractivity contribution in [3.8, 4) is 0 Å². The second-order valence-corrected chi connectivity index (χ2v) is 8.00. The minimum absolute atomic E-state index is 0.514. The van der Waals surface area contributed by atoms with Gasteiger partial charge in [-0.25, -0.2) is 0 Å². The Morgan fingerprint density at radius 1 is 1.22 bits per heavy atom. The van der Waals surface area contributed by atoms with Crippen LogP contribution in [0.2, 0.25) is 0 Å². The van der Waals surface area contributed by atoms with Crippen LogP contribution in [0.15, 0.2) is 35.2 Å². The van der Waals surface area contributed by atoms with Crippen LogP contribution < -0.4 is 10.6 Å². The lowest BCUT2D eigenvalue weighted by Crippen LogP contribution is -2.47. The summed E-state index contributed by atoms with van der Waals surface area (Å²) in [4.78, 5) is 2.53. The van der Waals surface area contributed by atoms with E-state index in [-0.39, 0.29) is 0 Å². The lowest BCUT2D eigenvalue weighted by molar-refractivity contribution is 0.204. The number of hydrogen-bond donors (Lipinski definition) is 3. The molecule has 1 fully saturated rings. The van der Waals surface area contributed by atoms with Crippen molar-refractivity contribution in [1.82, 2.24) is 15.5 Å². The van der Waals surface area contributed by atoms with Crippen molar-refractivity contribution >= 4 is 18.2 Å². The number of nitrogens with one attached hydrogen (secondary N) is 2. The lowest BCUT2D eigenvalue weighted by atomic mass is 9.93. The molecule has 1 unspecified atom stereocenters. The standard InChI is InChI=1S/C23H37N3S/c1-7-26-12-8-9-21(14-26)25-23(24-6)19(5)17(3)18(4)22-11-10-20(15-27)13-16(22)2/h10-11,13,21,24-25,27H,7-9,12,14-15H2,1-6H3/b18-17+,23-19+.